The molecule has 0 spiro atoms. The van der Waals surface area contributed by atoms with Crippen LogP contribution in [0.2, 0.25) is 0 Å². The van der Waals surface area contributed by atoms with Gasteiger partial charge >= 0.3 is 0 Å². The number of nitrogens with one attached hydrogen (secondary N) is 1. The zero-order valence-electron chi connectivity index (χ0n) is 14.7. The monoisotopic (exact) mass is 291 g/mol. The number of rotatable bonds is 9. The zero-order chi connectivity index (χ0) is 15.9. The van der Waals surface area contributed by atoms with E-state index in [1.165, 1.54) is 12.0 Å². The summed E-state index contributed by atoms with van der Waals surface area (Å²) in [6.45, 7) is 15.2. The fraction of sp³-hybridized carbons (Fsp3) is 0.684. The molecule has 0 saturated carbocycles. The Morgan fingerprint density at radius 3 is 2.19 bits per heavy atom. The first kappa shape index (κ1) is 18.0. The maximum atomic E-state index is 5.98. The molecule has 0 amide bonds. The highest BCUT2D eigenvalue weighted by Crippen LogP contribution is 2.28. The molecule has 2 nitrogen and oxygen atoms in total. The Morgan fingerprint density at radius 2 is 1.71 bits per heavy atom. The third-order valence-corrected chi connectivity index (χ3v) is 4.75. The molecule has 21 heavy (non-hydrogen) atoms. The van der Waals surface area contributed by atoms with E-state index >= 15 is 0 Å². The van der Waals surface area contributed by atoms with Crippen LogP contribution in [-0.2, 0) is 5.41 Å². The number of hydrogen-bond acceptors (Lipinski definition) is 2. The molecule has 0 heterocycles. The Balaban J connectivity index is 2.63. The molecule has 0 saturated heterocycles. The molecule has 1 N–H and O–H groups in total. The molecule has 2 heteroatoms. The second-order valence-corrected chi connectivity index (χ2v) is 6.62. The zero-order valence-corrected chi connectivity index (χ0v) is 14.7. The van der Waals surface area contributed by atoms with Gasteiger partial charge in [-0.15, -0.1) is 0 Å². The Hall–Kier alpha value is -1.02. The van der Waals surface area contributed by atoms with E-state index < -0.39 is 0 Å². The van der Waals surface area contributed by atoms with Crippen LogP contribution in [0.15, 0.2) is 24.3 Å². The van der Waals surface area contributed by atoms with E-state index in [-0.39, 0.29) is 5.41 Å². The maximum Gasteiger partial charge on any atom is 0.119 e. The van der Waals surface area contributed by atoms with Crippen molar-refractivity contribution >= 4 is 0 Å². The minimum absolute atomic E-state index is 0.238. The van der Waals surface area contributed by atoms with Crippen LogP contribution in [0.25, 0.3) is 0 Å². The smallest absolute Gasteiger partial charge is 0.119 e. The van der Waals surface area contributed by atoms with Crippen LogP contribution in [0.5, 0.6) is 5.75 Å². The number of likely N-dealkylation sites (N-methyl/N-ethyl adjacent to an activating group) is 1. The third-order valence-electron chi connectivity index (χ3n) is 4.75. The highest BCUT2D eigenvalue weighted by Gasteiger charge is 2.18. The van der Waals surface area contributed by atoms with Crippen LogP contribution in [-0.4, -0.2) is 19.2 Å². The second-order valence-electron chi connectivity index (χ2n) is 6.62. The number of benzene rings is 1. The van der Waals surface area contributed by atoms with Gasteiger partial charge in [-0.1, -0.05) is 60.1 Å². The van der Waals surface area contributed by atoms with Gasteiger partial charge < -0.3 is 10.1 Å². The lowest BCUT2D eigenvalue weighted by Gasteiger charge is -2.25. The van der Waals surface area contributed by atoms with Crippen molar-refractivity contribution in [2.24, 2.45) is 5.92 Å². The van der Waals surface area contributed by atoms with E-state index in [2.05, 4.69) is 71.1 Å². The lowest BCUT2D eigenvalue weighted by Crippen LogP contribution is -2.39. The molecule has 0 aliphatic rings. The summed E-state index contributed by atoms with van der Waals surface area (Å²) < 4.78 is 5.98. The lowest BCUT2D eigenvalue weighted by atomic mass is 9.82. The molecule has 2 unspecified atom stereocenters. The van der Waals surface area contributed by atoms with Crippen LogP contribution >= 0.6 is 0 Å². The van der Waals surface area contributed by atoms with Crippen molar-refractivity contribution in [3.8, 4) is 5.75 Å². The van der Waals surface area contributed by atoms with E-state index in [4.69, 9.17) is 4.74 Å². The maximum absolute atomic E-state index is 5.98. The fourth-order valence-corrected chi connectivity index (χ4v) is 2.36. The Kier molecular flexibility index (Phi) is 7.24. The van der Waals surface area contributed by atoms with Gasteiger partial charge in [-0.05, 0) is 42.0 Å². The number of hydrogen-bond donors (Lipinski definition) is 1. The molecular weight excluding hydrogens is 258 g/mol. The van der Waals surface area contributed by atoms with Gasteiger partial charge in [0.25, 0.3) is 0 Å². The predicted molar refractivity (Wildman–Crippen MR) is 92.2 cm³/mol. The lowest BCUT2D eigenvalue weighted by molar-refractivity contribution is 0.222. The fourth-order valence-electron chi connectivity index (χ4n) is 2.36. The van der Waals surface area contributed by atoms with Gasteiger partial charge in [-0.3, -0.25) is 0 Å². The molecule has 120 valence electrons. The molecular formula is C19H33NO. The normalized spacial score (nSPS) is 14.8. The van der Waals surface area contributed by atoms with E-state index in [0.717, 1.165) is 25.3 Å². The van der Waals surface area contributed by atoms with Crippen LogP contribution < -0.4 is 10.1 Å². The third kappa shape index (κ3) is 5.35. The molecule has 0 aliphatic carbocycles. The average molecular weight is 291 g/mol. The predicted octanol–water partition coefficient (Wildman–Crippen LogP) is 4.78. The largest absolute Gasteiger partial charge is 0.492 e. The van der Waals surface area contributed by atoms with E-state index in [0.29, 0.717) is 12.0 Å². The minimum atomic E-state index is 0.238. The van der Waals surface area contributed by atoms with Crippen LogP contribution in [0.1, 0.15) is 59.9 Å². The Labute approximate surface area is 131 Å². The topological polar surface area (TPSA) is 21.3 Å². The average Bonchev–Trinajstić information content (AvgIpc) is 2.51. The van der Waals surface area contributed by atoms with Crippen LogP contribution in [0.3, 0.4) is 0 Å². The summed E-state index contributed by atoms with van der Waals surface area (Å²) in [6, 6.07) is 9.03. The van der Waals surface area contributed by atoms with Gasteiger partial charge in [0.1, 0.15) is 12.4 Å². The molecule has 0 aliphatic heterocycles. The van der Waals surface area contributed by atoms with Gasteiger partial charge in [0.2, 0.25) is 0 Å². The van der Waals surface area contributed by atoms with Gasteiger partial charge in [0.05, 0.1) is 0 Å². The SMILES string of the molecule is CCNC(COc1ccc(C(C)(C)CC)cc1)C(C)CC. The summed E-state index contributed by atoms with van der Waals surface area (Å²) in [5, 5.41) is 3.52. The molecule has 1 aromatic rings. The van der Waals surface area contributed by atoms with Crippen LogP contribution in [0, 0.1) is 5.92 Å². The first-order chi connectivity index (χ1) is 9.94. The molecule has 1 aromatic carbocycles. The molecule has 1 rings (SSSR count). The van der Waals surface area contributed by atoms with Crippen molar-refractivity contribution in [1.82, 2.24) is 5.32 Å². The highest BCUT2D eigenvalue weighted by atomic mass is 16.5. The van der Waals surface area contributed by atoms with Crippen molar-refractivity contribution in [2.75, 3.05) is 13.2 Å². The number of ether oxygens (including phenoxy) is 1. The Morgan fingerprint density at radius 1 is 1.10 bits per heavy atom. The summed E-state index contributed by atoms with van der Waals surface area (Å²) in [5.74, 6) is 1.60. The van der Waals surface area contributed by atoms with Gasteiger partial charge in [-0.2, -0.15) is 0 Å². The highest BCUT2D eigenvalue weighted by molar-refractivity contribution is 5.31. The quantitative estimate of drug-likeness (QED) is 0.707. The Bertz CT molecular complexity index is 397. The van der Waals surface area contributed by atoms with Crippen LogP contribution in [0.4, 0.5) is 0 Å². The molecule has 0 fully saturated rings. The van der Waals surface area contributed by atoms with E-state index in [1.807, 2.05) is 0 Å². The summed E-state index contributed by atoms with van der Waals surface area (Å²) in [7, 11) is 0. The molecule has 0 aromatic heterocycles. The van der Waals surface area contributed by atoms with Gasteiger partial charge in [0, 0.05) is 6.04 Å². The van der Waals surface area contributed by atoms with E-state index in [9.17, 15) is 0 Å². The van der Waals surface area contributed by atoms with Crippen molar-refractivity contribution in [3.63, 3.8) is 0 Å². The molecule has 0 bridgehead atoms. The van der Waals surface area contributed by atoms with Crippen molar-refractivity contribution in [1.29, 1.82) is 0 Å². The van der Waals surface area contributed by atoms with Gasteiger partial charge in [-0.25, -0.2) is 0 Å². The van der Waals surface area contributed by atoms with Gasteiger partial charge in [0.15, 0.2) is 0 Å². The first-order valence-corrected chi connectivity index (χ1v) is 8.41. The minimum Gasteiger partial charge on any atom is -0.492 e. The summed E-state index contributed by atoms with van der Waals surface area (Å²) in [4.78, 5) is 0. The molecule has 2 atom stereocenters. The standard InChI is InChI=1S/C19H33NO/c1-7-15(4)18(20-9-3)14-21-17-12-10-16(11-13-17)19(5,6)8-2/h10-13,15,18,20H,7-9,14H2,1-6H3. The van der Waals surface area contributed by atoms with E-state index in [1.54, 1.807) is 0 Å². The summed E-state index contributed by atoms with van der Waals surface area (Å²) in [6.07, 6.45) is 2.31. The molecule has 0 radical (unpaired) electrons. The van der Waals surface area contributed by atoms with Crippen molar-refractivity contribution < 1.29 is 4.74 Å². The summed E-state index contributed by atoms with van der Waals surface area (Å²) in [5.41, 5.74) is 1.61. The summed E-state index contributed by atoms with van der Waals surface area (Å²) >= 11 is 0. The van der Waals surface area contributed by atoms with Crippen molar-refractivity contribution in [2.45, 2.75) is 65.8 Å². The first-order valence-electron chi connectivity index (χ1n) is 8.41. The second kappa shape index (κ2) is 8.43. The van der Waals surface area contributed by atoms with Crippen molar-refractivity contribution in [3.05, 3.63) is 29.8 Å².